The van der Waals surface area contributed by atoms with Gasteiger partial charge in [0.2, 0.25) is 0 Å². The molecule has 0 radical (unpaired) electrons. The predicted octanol–water partition coefficient (Wildman–Crippen LogP) is 3.41. The number of hydrogen-bond donors (Lipinski definition) is 1. The highest BCUT2D eigenvalue weighted by Crippen LogP contribution is 2.30. The summed E-state index contributed by atoms with van der Waals surface area (Å²) in [6, 6.07) is 2.70. The monoisotopic (exact) mass is 412 g/mol. The summed E-state index contributed by atoms with van der Waals surface area (Å²) < 4.78 is 51.1. The highest BCUT2D eigenvalue weighted by atomic mass is 32.2. The van der Waals surface area contributed by atoms with E-state index in [2.05, 4.69) is 15.4 Å². The van der Waals surface area contributed by atoms with Gasteiger partial charge in [-0.2, -0.15) is 5.10 Å². The van der Waals surface area contributed by atoms with Crippen LogP contribution in [0, 0.1) is 5.92 Å². The van der Waals surface area contributed by atoms with Gasteiger partial charge in [0.1, 0.15) is 11.5 Å². The maximum absolute atomic E-state index is 13.4. The van der Waals surface area contributed by atoms with Gasteiger partial charge in [0, 0.05) is 12.8 Å². The van der Waals surface area contributed by atoms with Crippen LogP contribution in [0.3, 0.4) is 0 Å². The largest absolute Gasteiger partial charge is 0.369 e. The summed E-state index contributed by atoms with van der Waals surface area (Å²) in [7, 11) is -3.49. The number of carbonyl (C=O) groups excluding carboxylic acids is 1. The third-order valence-electron chi connectivity index (χ3n) is 4.90. The first-order chi connectivity index (χ1) is 13.3. The molecule has 7 nitrogen and oxygen atoms in total. The molecule has 1 fully saturated rings. The van der Waals surface area contributed by atoms with E-state index < -0.39 is 22.0 Å². The van der Waals surface area contributed by atoms with E-state index in [-0.39, 0.29) is 22.1 Å². The van der Waals surface area contributed by atoms with Crippen molar-refractivity contribution in [3.8, 4) is 5.69 Å². The summed E-state index contributed by atoms with van der Waals surface area (Å²) >= 11 is 0. The molecule has 2 aromatic heterocycles. The summed E-state index contributed by atoms with van der Waals surface area (Å²) in [6.45, 7) is 0.546. The molecular formula is C18H22F2N4O3S. The lowest BCUT2D eigenvalue weighted by Crippen LogP contribution is -2.19. The quantitative estimate of drug-likeness (QED) is 0.701. The van der Waals surface area contributed by atoms with Gasteiger partial charge in [-0.25, -0.2) is 26.9 Å². The predicted molar refractivity (Wildman–Crippen MR) is 99.9 cm³/mol. The first-order valence-electron chi connectivity index (χ1n) is 9.08. The zero-order valence-electron chi connectivity index (χ0n) is 15.4. The van der Waals surface area contributed by atoms with Gasteiger partial charge in [-0.3, -0.25) is 4.79 Å². The van der Waals surface area contributed by atoms with Crippen molar-refractivity contribution in [2.24, 2.45) is 5.92 Å². The summed E-state index contributed by atoms with van der Waals surface area (Å²) in [5.74, 6) is 0.571. The van der Waals surface area contributed by atoms with Crippen LogP contribution < -0.4 is 5.32 Å². The minimum Gasteiger partial charge on any atom is -0.369 e. The van der Waals surface area contributed by atoms with Crippen LogP contribution in [0.5, 0.6) is 0 Å². The van der Waals surface area contributed by atoms with E-state index >= 15 is 0 Å². The van der Waals surface area contributed by atoms with Crippen LogP contribution >= 0.6 is 0 Å². The zero-order valence-corrected chi connectivity index (χ0v) is 16.3. The van der Waals surface area contributed by atoms with Crippen LogP contribution in [0.4, 0.5) is 14.6 Å². The molecule has 0 bridgehead atoms. The van der Waals surface area contributed by atoms with E-state index in [0.29, 0.717) is 18.7 Å². The zero-order chi connectivity index (χ0) is 20.3. The Hall–Kier alpha value is -2.36. The lowest BCUT2D eigenvalue weighted by Gasteiger charge is -2.22. The van der Waals surface area contributed by atoms with Crippen LogP contribution in [0.25, 0.3) is 5.69 Å². The van der Waals surface area contributed by atoms with Gasteiger partial charge >= 0.3 is 0 Å². The van der Waals surface area contributed by atoms with Crippen molar-refractivity contribution >= 4 is 21.9 Å². The molecular weight excluding hydrogens is 390 g/mol. The third-order valence-corrected chi connectivity index (χ3v) is 5.90. The third kappa shape index (κ3) is 4.37. The molecule has 0 unspecified atom stereocenters. The average molecular weight is 412 g/mol. The van der Waals surface area contributed by atoms with Crippen molar-refractivity contribution < 1.29 is 22.0 Å². The standard InChI is InChI=1S/C18H22F2N4O3S/c1-28(26,27)15-8-7-13(10-21-15)24-18(14(11-25)16(23-24)17(19)20)22-9-12-5-3-2-4-6-12/h7-8,10-12,17,22H,2-6,9H2,1H3. The molecule has 3 rings (SSSR count). The number of sulfone groups is 1. The molecule has 0 aliphatic heterocycles. The van der Waals surface area contributed by atoms with Gasteiger partial charge in [-0.15, -0.1) is 0 Å². The normalized spacial score (nSPS) is 15.7. The highest BCUT2D eigenvalue weighted by molar-refractivity contribution is 7.90. The fraction of sp³-hybridized carbons (Fsp3) is 0.500. The van der Waals surface area contributed by atoms with Gasteiger partial charge in [0.15, 0.2) is 21.1 Å². The number of pyridine rings is 1. The van der Waals surface area contributed by atoms with Crippen LogP contribution in [0.15, 0.2) is 23.4 Å². The molecule has 0 aromatic carbocycles. The number of nitrogens with one attached hydrogen (secondary N) is 1. The molecule has 0 saturated heterocycles. The molecule has 1 saturated carbocycles. The number of aldehydes is 1. The summed E-state index contributed by atoms with van der Waals surface area (Å²) in [6.07, 6.45) is 5.26. The molecule has 152 valence electrons. The van der Waals surface area contributed by atoms with Gasteiger partial charge in [-0.1, -0.05) is 19.3 Å². The Balaban J connectivity index is 1.97. The van der Waals surface area contributed by atoms with E-state index in [1.54, 1.807) is 0 Å². The molecule has 1 aliphatic carbocycles. The van der Waals surface area contributed by atoms with E-state index in [4.69, 9.17) is 0 Å². The Morgan fingerprint density at radius 2 is 2.00 bits per heavy atom. The van der Waals surface area contributed by atoms with Gasteiger partial charge in [0.25, 0.3) is 6.43 Å². The number of anilines is 1. The maximum atomic E-state index is 13.4. The maximum Gasteiger partial charge on any atom is 0.282 e. The van der Waals surface area contributed by atoms with Crippen molar-refractivity contribution in [3.05, 3.63) is 29.6 Å². The van der Waals surface area contributed by atoms with E-state index in [1.807, 2.05) is 0 Å². The summed E-state index contributed by atoms with van der Waals surface area (Å²) in [5.41, 5.74) is -0.528. The van der Waals surface area contributed by atoms with Crippen LogP contribution in [-0.4, -0.2) is 42.3 Å². The first-order valence-corrected chi connectivity index (χ1v) is 11.0. The van der Waals surface area contributed by atoms with Crippen LogP contribution in [-0.2, 0) is 9.84 Å². The molecule has 1 aliphatic rings. The summed E-state index contributed by atoms with van der Waals surface area (Å²) in [4.78, 5) is 15.4. The second-order valence-electron chi connectivity index (χ2n) is 6.99. The number of hydrogen-bond acceptors (Lipinski definition) is 6. The average Bonchev–Trinajstić information content (AvgIpc) is 3.05. The Morgan fingerprint density at radius 1 is 1.29 bits per heavy atom. The Morgan fingerprint density at radius 3 is 2.54 bits per heavy atom. The van der Waals surface area contributed by atoms with Crippen molar-refractivity contribution in [2.75, 3.05) is 18.1 Å². The first kappa shape index (κ1) is 20.4. The Labute approximate surface area is 162 Å². The second kappa shape index (κ2) is 8.34. The van der Waals surface area contributed by atoms with Crippen LogP contribution in [0.1, 0.15) is 54.6 Å². The number of aromatic nitrogens is 3. The van der Waals surface area contributed by atoms with Gasteiger partial charge in [0.05, 0.1) is 17.4 Å². The minimum atomic E-state index is -3.49. The second-order valence-corrected chi connectivity index (χ2v) is 8.95. The number of rotatable bonds is 7. The van der Waals surface area contributed by atoms with Gasteiger partial charge < -0.3 is 5.32 Å². The Kier molecular flexibility index (Phi) is 6.07. The highest BCUT2D eigenvalue weighted by Gasteiger charge is 2.25. The lowest BCUT2D eigenvalue weighted by atomic mass is 9.89. The van der Waals surface area contributed by atoms with Crippen molar-refractivity contribution in [1.82, 2.24) is 14.8 Å². The molecule has 0 spiro atoms. The molecule has 2 aromatic rings. The van der Waals surface area contributed by atoms with Crippen LogP contribution in [0.2, 0.25) is 0 Å². The number of alkyl halides is 2. The smallest absolute Gasteiger partial charge is 0.282 e. The number of carbonyl (C=O) groups is 1. The van der Waals surface area contributed by atoms with E-state index in [0.717, 1.165) is 31.9 Å². The van der Waals surface area contributed by atoms with E-state index in [1.165, 1.54) is 29.4 Å². The van der Waals surface area contributed by atoms with Crippen molar-refractivity contribution in [1.29, 1.82) is 0 Å². The topological polar surface area (TPSA) is 94.0 Å². The number of halogens is 2. The molecule has 1 N–H and O–H groups in total. The summed E-state index contributed by atoms with van der Waals surface area (Å²) in [5, 5.41) is 6.87. The molecule has 2 heterocycles. The van der Waals surface area contributed by atoms with E-state index in [9.17, 15) is 22.0 Å². The number of nitrogens with zero attached hydrogens (tertiary/aromatic N) is 3. The SMILES string of the molecule is CS(=O)(=O)c1ccc(-n2nc(C(F)F)c(C=O)c2NCC2CCCCC2)cn1. The van der Waals surface area contributed by atoms with Gasteiger partial charge in [-0.05, 0) is 30.9 Å². The van der Waals surface area contributed by atoms with Crippen molar-refractivity contribution in [2.45, 2.75) is 43.6 Å². The molecule has 0 amide bonds. The fourth-order valence-corrected chi connectivity index (χ4v) is 3.99. The minimum absolute atomic E-state index is 0.134. The molecule has 28 heavy (non-hydrogen) atoms. The molecule has 10 heteroatoms. The molecule has 0 atom stereocenters. The van der Waals surface area contributed by atoms with Crippen molar-refractivity contribution in [3.63, 3.8) is 0 Å². The lowest BCUT2D eigenvalue weighted by molar-refractivity contribution is 0.110. The Bertz CT molecular complexity index is 936. The fourth-order valence-electron chi connectivity index (χ4n) is 3.43.